The Kier molecular flexibility index (Phi) is 7.02. The number of ether oxygens (including phenoxy) is 1. The second-order valence-corrected chi connectivity index (χ2v) is 8.07. The summed E-state index contributed by atoms with van der Waals surface area (Å²) in [6, 6.07) is 10.3. The Morgan fingerprint density at radius 3 is 2.52 bits per heavy atom. The first-order valence-electron chi connectivity index (χ1n) is 8.32. The van der Waals surface area contributed by atoms with Crippen LogP contribution in [0.3, 0.4) is 0 Å². The van der Waals surface area contributed by atoms with Crippen molar-refractivity contribution in [1.29, 1.82) is 0 Å². The third-order valence-corrected chi connectivity index (χ3v) is 5.70. The van der Waals surface area contributed by atoms with Crippen LogP contribution < -0.4 is 10.2 Å². The van der Waals surface area contributed by atoms with Gasteiger partial charge in [-0.1, -0.05) is 6.07 Å². The first-order valence-corrected chi connectivity index (χ1v) is 9.76. The zero-order valence-electron chi connectivity index (χ0n) is 16.0. The second kappa shape index (κ2) is 9.26. The lowest BCUT2D eigenvalue weighted by Gasteiger charge is -2.18. The number of methoxy groups -OCH3 is 1. The number of amides is 1. The highest BCUT2D eigenvalue weighted by Gasteiger charge is 2.26. The van der Waals surface area contributed by atoms with E-state index in [0.717, 1.165) is 9.87 Å². The van der Waals surface area contributed by atoms with E-state index in [1.165, 1.54) is 50.7 Å². The molecule has 1 N–H and O–H groups in total. The van der Waals surface area contributed by atoms with Crippen molar-refractivity contribution in [3.63, 3.8) is 0 Å². The van der Waals surface area contributed by atoms with E-state index in [-0.39, 0.29) is 16.3 Å². The standard InChI is InChI=1S/C18H20N4O6S/c1-13-4-9-16(28-3)17(10-13)29(26,27)21(2)12-18(23)20-19-11-14-5-7-15(8-6-14)22(24)25/h4-11H,12H2,1-3H3,(H,20,23)/b19-11+. The van der Waals surface area contributed by atoms with Crippen molar-refractivity contribution < 1.29 is 22.9 Å². The Hall–Kier alpha value is -3.31. The van der Waals surface area contributed by atoms with E-state index in [4.69, 9.17) is 4.74 Å². The third kappa shape index (κ3) is 5.59. The molecule has 0 aromatic heterocycles. The largest absolute Gasteiger partial charge is 0.495 e. The van der Waals surface area contributed by atoms with Crippen molar-refractivity contribution in [2.75, 3.05) is 20.7 Å². The molecule has 0 saturated carbocycles. The lowest BCUT2D eigenvalue weighted by molar-refractivity contribution is -0.384. The molecular weight excluding hydrogens is 400 g/mol. The molecule has 154 valence electrons. The van der Waals surface area contributed by atoms with Gasteiger partial charge in [0, 0.05) is 19.2 Å². The zero-order valence-corrected chi connectivity index (χ0v) is 16.8. The maximum absolute atomic E-state index is 12.8. The Balaban J connectivity index is 2.02. The van der Waals surface area contributed by atoms with E-state index in [2.05, 4.69) is 10.5 Å². The van der Waals surface area contributed by atoms with E-state index in [0.29, 0.717) is 5.56 Å². The molecule has 0 aliphatic carbocycles. The lowest BCUT2D eigenvalue weighted by atomic mass is 10.2. The molecule has 0 spiro atoms. The van der Waals surface area contributed by atoms with Crippen LogP contribution in [-0.4, -0.2) is 50.5 Å². The minimum absolute atomic E-state index is 0.0373. The van der Waals surface area contributed by atoms with Crippen LogP contribution >= 0.6 is 0 Å². The summed E-state index contributed by atoms with van der Waals surface area (Å²) in [5, 5.41) is 14.3. The molecule has 0 unspecified atom stereocenters. The Labute approximate surface area is 168 Å². The maximum Gasteiger partial charge on any atom is 0.269 e. The van der Waals surface area contributed by atoms with Crippen LogP contribution in [0.2, 0.25) is 0 Å². The Morgan fingerprint density at radius 1 is 1.28 bits per heavy atom. The van der Waals surface area contributed by atoms with Gasteiger partial charge in [-0.15, -0.1) is 0 Å². The van der Waals surface area contributed by atoms with Gasteiger partial charge in [0.05, 0.1) is 24.8 Å². The number of nitrogens with one attached hydrogen (secondary N) is 1. The van der Waals surface area contributed by atoms with E-state index in [1.807, 2.05) is 0 Å². The van der Waals surface area contributed by atoms with Crippen molar-refractivity contribution in [3.8, 4) is 5.75 Å². The third-order valence-electron chi connectivity index (χ3n) is 3.88. The number of nitro groups is 1. The molecule has 0 heterocycles. The molecule has 0 bridgehead atoms. The highest BCUT2D eigenvalue weighted by molar-refractivity contribution is 7.89. The first-order chi connectivity index (χ1) is 13.6. The summed E-state index contributed by atoms with van der Waals surface area (Å²) in [5.41, 5.74) is 3.42. The molecule has 0 aliphatic rings. The fourth-order valence-corrected chi connectivity index (χ4v) is 3.70. The normalized spacial score (nSPS) is 11.6. The summed E-state index contributed by atoms with van der Waals surface area (Å²) in [7, 11) is -1.32. The summed E-state index contributed by atoms with van der Waals surface area (Å²) in [6.45, 7) is 1.29. The number of benzene rings is 2. The highest BCUT2D eigenvalue weighted by atomic mass is 32.2. The van der Waals surface area contributed by atoms with E-state index in [1.54, 1.807) is 19.1 Å². The molecule has 2 aromatic carbocycles. The average Bonchev–Trinajstić information content (AvgIpc) is 2.68. The topological polar surface area (TPSA) is 131 Å². The SMILES string of the molecule is COc1ccc(C)cc1S(=O)(=O)N(C)CC(=O)N/N=C/c1ccc([N+](=O)[O-])cc1. The number of likely N-dealkylation sites (N-methyl/N-ethyl adjacent to an activating group) is 1. The lowest BCUT2D eigenvalue weighted by Crippen LogP contribution is -2.36. The van der Waals surface area contributed by atoms with E-state index >= 15 is 0 Å². The number of carbonyl (C=O) groups is 1. The van der Waals surface area contributed by atoms with Gasteiger partial charge in [-0.2, -0.15) is 9.41 Å². The highest BCUT2D eigenvalue weighted by Crippen LogP contribution is 2.27. The van der Waals surface area contributed by atoms with Crippen LogP contribution in [0.25, 0.3) is 0 Å². The van der Waals surface area contributed by atoms with Gasteiger partial charge in [0.25, 0.3) is 11.6 Å². The van der Waals surface area contributed by atoms with Gasteiger partial charge in [0.15, 0.2) is 0 Å². The van der Waals surface area contributed by atoms with Crippen molar-refractivity contribution in [2.24, 2.45) is 5.10 Å². The number of non-ortho nitro benzene ring substituents is 1. The van der Waals surface area contributed by atoms with E-state index in [9.17, 15) is 23.3 Å². The minimum Gasteiger partial charge on any atom is -0.495 e. The summed E-state index contributed by atoms with van der Waals surface area (Å²) in [4.78, 5) is 22.1. The summed E-state index contributed by atoms with van der Waals surface area (Å²) in [6.07, 6.45) is 1.29. The van der Waals surface area contributed by atoms with Crippen molar-refractivity contribution >= 4 is 27.8 Å². The molecule has 0 atom stereocenters. The van der Waals surface area contributed by atoms with Crippen molar-refractivity contribution in [3.05, 3.63) is 63.7 Å². The van der Waals surface area contributed by atoms with Crippen LogP contribution in [0.5, 0.6) is 5.75 Å². The van der Waals surface area contributed by atoms with Gasteiger partial charge in [-0.25, -0.2) is 13.8 Å². The molecule has 0 aliphatic heterocycles. The average molecular weight is 420 g/mol. The molecule has 0 fully saturated rings. The van der Waals surface area contributed by atoms with Crippen LogP contribution in [0.15, 0.2) is 52.5 Å². The van der Waals surface area contributed by atoms with Crippen LogP contribution in [0.1, 0.15) is 11.1 Å². The number of hydrazone groups is 1. The fourth-order valence-electron chi connectivity index (χ4n) is 2.34. The quantitative estimate of drug-likeness (QED) is 0.393. The zero-order chi connectivity index (χ0) is 21.6. The van der Waals surface area contributed by atoms with Crippen molar-refractivity contribution in [2.45, 2.75) is 11.8 Å². The van der Waals surface area contributed by atoms with Crippen molar-refractivity contribution in [1.82, 2.24) is 9.73 Å². The predicted molar refractivity (Wildman–Crippen MR) is 106 cm³/mol. The second-order valence-electron chi connectivity index (χ2n) is 6.06. The maximum atomic E-state index is 12.8. The van der Waals surface area contributed by atoms with Gasteiger partial charge in [0.1, 0.15) is 10.6 Å². The summed E-state index contributed by atoms with van der Waals surface area (Å²) < 4.78 is 31.5. The monoisotopic (exact) mass is 420 g/mol. The number of sulfonamides is 1. The van der Waals surface area contributed by atoms with E-state index < -0.39 is 27.4 Å². The minimum atomic E-state index is -3.96. The van der Waals surface area contributed by atoms with Gasteiger partial charge in [-0.3, -0.25) is 14.9 Å². The van der Waals surface area contributed by atoms with Crippen LogP contribution in [0, 0.1) is 17.0 Å². The molecule has 2 rings (SSSR count). The van der Waals surface area contributed by atoms with Gasteiger partial charge in [0.2, 0.25) is 10.0 Å². The predicted octanol–water partition coefficient (Wildman–Crippen LogP) is 1.68. The summed E-state index contributed by atoms with van der Waals surface area (Å²) >= 11 is 0. The molecular formula is C18H20N4O6S. The first kappa shape index (κ1) is 22.0. The fraction of sp³-hybridized carbons (Fsp3) is 0.222. The van der Waals surface area contributed by atoms with Gasteiger partial charge in [-0.05, 0) is 42.3 Å². The summed E-state index contributed by atoms with van der Waals surface area (Å²) in [5.74, 6) is -0.472. The Morgan fingerprint density at radius 2 is 1.93 bits per heavy atom. The number of nitrogens with zero attached hydrogens (tertiary/aromatic N) is 3. The smallest absolute Gasteiger partial charge is 0.269 e. The van der Waals surface area contributed by atoms with Gasteiger partial charge >= 0.3 is 0 Å². The number of hydrogen-bond donors (Lipinski definition) is 1. The Bertz CT molecular complexity index is 1030. The van der Waals surface area contributed by atoms with Crippen LogP contribution in [-0.2, 0) is 14.8 Å². The molecule has 0 radical (unpaired) electrons. The van der Waals surface area contributed by atoms with Crippen LogP contribution in [0.4, 0.5) is 5.69 Å². The molecule has 0 saturated heterocycles. The molecule has 10 nitrogen and oxygen atoms in total. The molecule has 1 amide bonds. The number of carbonyl (C=O) groups excluding carboxylic acids is 1. The number of hydrogen-bond acceptors (Lipinski definition) is 7. The molecule has 11 heteroatoms. The molecule has 2 aromatic rings. The molecule has 29 heavy (non-hydrogen) atoms. The number of nitro benzene ring substituents is 1. The number of rotatable bonds is 8. The number of aryl methyl sites for hydroxylation is 1. The van der Waals surface area contributed by atoms with Gasteiger partial charge < -0.3 is 4.74 Å².